The van der Waals surface area contributed by atoms with Gasteiger partial charge in [0, 0.05) is 16.6 Å². The number of benzene rings is 2. The molecule has 7 heteroatoms. The lowest BCUT2D eigenvalue weighted by Gasteiger charge is -2.08. The summed E-state index contributed by atoms with van der Waals surface area (Å²) in [5.41, 5.74) is 2.90. The van der Waals surface area contributed by atoms with E-state index in [1.54, 1.807) is 18.2 Å². The smallest absolute Gasteiger partial charge is 0.325 e. The van der Waals surface area contributed by atoms with Crippen molar-refractivity contribution >= 4 is 29.4 Å². The Morgan fingerprint density at radius 3 is 2.64 bits per heavy atom. The molecule has 1 aliphatic rings. The molecule has 2 N–H and O–H groups in total. The number of rotatable bonds is 4. The Morgan fingerprint density at radius 2 is 1.84 bits per heavy atom. The Balaban J connectivity index is 1.49. The van der Waals surface area contributed by atoms with Crippen LogP contribution in [0.25, 0.3) is 0 Å². The van der Waals surface area contributed by atoms with Gasteiger partial charge in [-0.25, -0.2) is 4.79 Å². The standard InChI is InChI=1S/C18H18N2O4S/c1-11-3-5-14(7-12(11)2)25-9-17(21)20-18(22)19-13-4-6-15-16(8-13)24-10-23-15/h3-8H,9-10H2,1-2H3,(H2,19,20,21,22). The number of carbonyl (C=O) groups is 2. The topological polar surface area (TPSA) is 76.7 Å². The molecule has 6 nitrogen and oxygen atoms in total. The highest BCUT2D eigenvalue weighted by Crippen LogP contribution is 2.34. The third kappa shape index (κ3) is 4.45. The summed E-state index contributed by atoms with van der Waals surface area (Å²) in [6.07, 6.45) is 0. The zero-order chi connectivity index (χ0) is 17.8. The molecular formula is C18H18N2O4S. The van der Waals surface area contributed by atoms with Crippen molar-refractivity contribution in [3.63, 3.8) is 0 Å². The maximum atomic E-state index is 11.9. The number of nitrogens with one attached hydrogen (secondary N) is 2. The molecule has 1 heterocycles. The van der Waals surface area contributed by atoms with Crippen molar-refractivity contribution in [3.8, 4) is 11.5 Å². The molecule has 1 aliphatic heterocycles. The first-order valence-corrected chi connectivity index (χ1v) is 8.70. The van der Waals surface area contributed by atoms with E-state index in [9.17, 15) is 9.59 Å². The fourth-order valence-corrected chi connectivity index (χ4v) is 3.05. The van der Waals surface area contributed by atoms with Crippen molar-refractivity contribution < 1.29 is 19.1 Å². The predicted molar refractivity (Wildman–Crippen MR) is 96.4 cm³/mol. The predicted octanol–water partition coefficient (Wildman–Crippen LogP) is 3.47. The Hall–Kier alpha value is -2.67. The van der Waals surface area contributed by atoms with Crippen molar-refractivity contribution in [3.05, 3.63) is 47.5 Å². The van der Waals surface area contributed by atoms with Gasteiger partial charge in [0.05, 0.1) is 5.75 Å². The lowest BCUT2D eigenvalue weighted by molar-refractivity contribution is -0.117. The van der Waals surface area contributed by atoms with Gasteiger partial charge >= 0.3 is 6.03 Å². The molecule has 0 radical (unpaired) electrons. The molecule has 0 saturated carbocycles. The number of ether oxygens (including phenoxy) is 2. The molecule has 25 heavy (non-hydrogen) atoms. The second kappa shape index (κ2) is 7.48. The molecule has 0 aromatic heterocycles. The highest BCUT2D eigenvalue weighted by molar-refractivity contribution is 8.00. The summed E-state index contributed by atoms with van der Waals surface area (Å²) in [4.78, 5) is 24.8. The summed E-state index contributed by atoms with van der Waals surface area (Å²) in [6.45, 7) is 4.23. The number of hydrogen-bond acceptors (Lipinski definition) is 5. The van der Waals surface area contributed by atoms with E-state index >= 15 is 0 Å². The van der Waals surface area contributed by atoms with E-state index in [0.29, 0.717) is 17.2 Å². The van der Waals surface area contributed by atoms with Gasteiger partial charge in [0.1, 0.15) is 0 Å². The van der Waals surface area contributed by atoms with Gasteiger partial charge in [-0.2, -0.15) is 0 Å². The summed E-state index contributed by atoms with van der Waals surface area (Å²) in [5, 5.41) is 4.91. The van der Waals surface area contributed by atoms with Crippen molar-refractivity contribution in [2.24, 2.45) is 0 Å². The largest absolute Gasteiger partial charge is 0.454 e. The van der Waals surface area contributed by atoms with Crippen molar-refractivity contribution in [2.45, 2.75) is 18.7 Å². The second-order valence-electron chi connectivity index (χ2n) is 5.61. The minimum atomic E-state index is -0.579. The molecular weight excluding hydrogens is 340 g/mol. The number of urea groups is 1. The molecule has 130 valence electrons. The number of aryl methyl sites for hydroxylation is 2. The Morgan fingerprint density at radius 1 is 1.04 bits per heavy atom. The van der Waals surface area contributed by atoms with Gasteiger partial charge in [-0.15, -0.1) is 11.8 Å². The van der Waals surface area contributed by atoms with Crippen LogP contribution in [0.3, 0.4) is 0 Å². The first kappa shape index (κ1) is 17.2. The fourth-order valence-electron chi connectivity index (χ4n) is 2.25. The molecule has 0 spiro atoms. The first-order valence-electron chi connectivity index (χ1n) is 7.72. The molecule has 0 fully saturated rings. The van der Waals surface area contributed by atoms with Crippen LogP contribution in [-0.2, 0) is 4.79 Å². The average Bonchev–Trinajstić information content (AvgIpc) is 3.03. The Labute approximate surface area is 149 Å². The van der Waals surface area contributed by atoms with Crippen LogP contribution in [0, 0.1) is 13.8 Å². The second-order valence-corrected chi connectivity index (χ2v) is 6.65. The maximum Gasteiger partial charge on any atom is 0.325 e. The molecule has 0 unspecified atom stereocenters. The summed E-state index contributed by atoms with van der Waals surface area (Å²) in [7, 11) is 0. The number of fused-ring (bicyclic) bond motifs is 1. The Bertz CT molecular complexity index is 823. The molecule has 3 rings (SSSR count). The third-order valence-electron chi connectivity index (χ3n) is 3.73. The number of anilines is 1. The van der Waals surface area contributed by atoms with E-state index in [0.717, 1.165) is 4.90 Å². The van der Waals surface area contributed by atoms with Gasteiger partial charge in [0.2, 0.25) is 12.7 Å². The van der Waals surface area contributed by atoms with E-state index in [1.807, 2.05) is 32.0 Å². The molecule has 3 amide bonds. The monoisotopic (exact) mass is 358 g/mol. The van der Waals surface area contributed by atoms with E-state index in [1.165, 1.54) is 22.9 Å². The zero-order valence-corrected chi connectivity index (χ0v) is 14.7. The lowest BCUT2D eigenvalue weighted by atomic mass is 10.1. The third-order valence-corrected chi connectivity index (χ3v) is 4.73. The van der Waals surface area contributed by atoms with Crippen LogP contribution in [-0.4, -0.2) is 24.5 Å². The first-order chi connectivity index (χ1) is 12.0. The quantitative estimate of drug-likeness (QED) is 0.819. The molecule has 0 aliphatic carbocycles. The summed E-state index contributed by atoms with van der Waals surface area (Å²) >= 11 is 1.39. The van der Waals surface area contributed by atoms with Crippen LogP contribution in [0.2, 0.25) is 0 Å². The van der Waals surface area contributed by atoms with Crippen molar-refractivity contribution in [2.75, 3.05) is 17.9 Å². The van der Waals surface area contributed by atoms with Crippen molar-refractivity contribution in [1.29, 1.82) is 0 Å². The fraction of sp³-hybridized carbons (Fsp3) is 0.222. The molecule has 0 atom stereocenters. The van der Waals surface area contributed by atoms with Crippen molar-refractivity contribution in [1.82, 2.24) is 5.32 Å². The molecule has 0 saturated heterocycles. The van der Waals surface area contributed by atoms with Gasteiger partial charge in [-0.1, -0.05) is 6.07 Å². The number of carbonyl (C=O) groups excluding carboxylic acids is 2. The van der Waals surface area contributed by atoms with Gasteiger partial charge in [0.25, 0.3) is 0 Å². The minimum Gasteiger partial charge on any atom is -0.454 e. The summed E-state index contributed by atoms with van der Waals surface area (Å²) in [6, 6.07) is 10.5. The van der Waals surface area contributed by atoms with E-state index < -0.39 is 6.03 Å². The molecule has 2 aromatic rings. The van der Waals surface area contributed by atoms with Gasteiger partial charge in [-0.05, 0) is 49.2 Å². The van der Waals surface area contributed by atoms with Crippen LogP contribution in [0.1, 0.15) is 11.1 Å². The number of hydrogen-bond donors (Lipinski definition) is 2. The minimum absolute atomic E-state index is 0.164. The van der Waals surface area contributed by atoms with E-state index in [4.69, 9.17) is 9.47 Å². The van der Waals surface area contributed by atoms with Crippen LogP contribution in [0.5, 0.6) is 11.5 Å². The number of imide groups is 1. The Kier molecular flexibility index (Phi) is 5.14. The van der Waals surface area contributed by atoms with Crippen LogP contribution in [0.4, 0.5) is 10.5 Å². The van der Waals surface area contributed by atoms with E-state index in [2.05, 4.69) is 10.6 Å². The average molecular weight is 358 g/mol. The van der Waals surface area contributed by atoms with E-state index in [-0.39, 0.29) is 18.5 Å². The van der Waals surface area contributed by atoms with Crippen LogP contribution in [0.15, 0.2) is 41.3 Å². The van der Waals surface area contributed by atoms with Crippen LogP contribution < -0.4 is 20.1 Å². The van der Waals surface area contributed by atoms with Gasteiger partial charge in [0.15, 0.2) is 11.5 Å². The summed E-state index contributed by atoms with van der Waals surface area (Å²) in [5.74, 6) is 1.000. The molecule has 2 aromatic carbocycles. The summed E-state index contributed by atoms with van der Waals surface area (Å²) < 4.78 is 10.4. The van der Waals surface area contributed by atoms with Gasteiger partial charge in [-0.3, -0.25) is 10.1 Å². The number of amides is 3. The highest BCUT2D eigenvalue weighted by Gasteiger charge is 2.15. The maximum absolute atomic E-state index is 11.9. The van der Waals surface area contributed by atoms with Crippen LogP contribution >= 0.6 is 11.8 Å². The van der Waals surface area contributed by atoms with Gasteiger partial charge < -0.3 is 14.8 Å². The highest BCUT2D eigenvalue weighted by atomic mass is 32.2. The molecule has 0 bridgehead atoms. The zero-order valence-electron chi connectivity index (χ0n) is 13.9. The normalized spacial score (nSPS) is 11.9. The SMILES string of the molecule is Cc1ccc(SCC(=O)NC(=O)Nc2ccc3c(c2)OCO3)cc1C. The lowest BCUT2D eigenvalue weighted by Crippen LogP contribution is -2.35. The number of thioether (sulfide) groups is 1.